The van der Waals surface area contributed by atoms with Crippen LogP contribution in [0.4, 0.5) is 0 Å². The second kappa shape index (κ2) is 6.01. The summed E-state index contributed by atoms with van der Waals surface area (Å²) in [4.78, 5) is 12.4. The molecule has 1 saturated carbocycles. The number of ether oxygens (including phenoxy) is 1. The average Bonchev–Trinajstić information content (AvgIpc) is 2.90. The number of carbonyl (C=O) groups is 1. The second-order valence-corrected chi connectivity index (χ2v) is 4.93. The lowest BCUT2D eigenvalue weighted by Gasteiger charge is -2.19. The van der Waals surface area contributed by atoms with Crippen LogP contribution < -0.4 is 10.1 Å². The summed E-state index contributed by atoms with van der Waals surface area (Å²) in [5.41, 5.74) is 0.665. The minimum absolute atomic E-state index is 0.111. The van der Waals surface area contributed by atoms with E-state index in [1.165, 1.54) is 25.7 Å². The predicted molar refractivity (Wildman–Crippen MR) is 72.2 cm³/mol. The van der Waals surface area contributed by atoms with Crippen molar-refractivity contribution in [3.8, 4) is 5.75 Å². The number of Topliss-reactive ketones (excluding diaryl/α,β-unsaturated/α-hetero) is 1. The fourth-order valence-electron chi connectivity index (χ4n) is 2.60. The molecular formula is C15H21NO2. The molecule has 1 unspecified atom stereocenters. The number of carbonyl (C=O) groups excluding carboxylic acids is 1. The van der Waals surface area contributed by atoms with Crippen molar-refractivity contribution < 1.29 is 9.53 Å². The number of ketones is 1. The summed E-state index contributed by atoms with van der Waals surface area (Å²) in [7, 11) is 1.60. The average molecular weight is 247 g/mol. The van der Waals surface area contributed by atoms with Gasteiger partial charge >= 0.3 is 0 Å². The Morgan fingerprint density at radius 1 is 1.33 bits per heavy atom. The maximum atomic E-state index is 12.4. The topological polar surface area (TPSA) is 38.3 Å². The minimum Gasteiger partial charge on any atom is -0.496 e. The Hall–Kier alpha value is -1.35. The van der Waals surface area contributed by atoms with Crippen LogP contribution in [-0.4, -0.2) is 25.0 Å². The molecule has 1 N–H and O–H groups in total. The molecule has 3 heteroatoms. The molecule has 1 aliphatic rings. The van der Waals surface area contributed by atoms with Gasteiger partial charge in [0.05, 0.1) is 18.7 Å². The zero-order valence-electron chi connectivity index (χ0n) is 11.1. The standard InChI is InChI=1S/C15H21NO2/c1-11(16-12-7-3-4-8-12)15(17)13-9-5-6-10-14(13)18-2/h5-6,9-12,16H,3-4,7-8H2,1-2H3. The van der Waals surface area contributed by atoms with Crippen LogP contribution in [0.25, 0.3) is 0 Å². The molecule has 3 nitrogen and oxygen atoms in total. The van der Waals surface area contributed by atoms with Crippen molar-refractivity contribution in [1.82, 2.24) is 5.32 Å². The van der Waals surface area contributed by atoms with Crippen molar-refractivity contribution in [3.63, 3.8) is 0 Å². The van der Waals surface area contributed by atoms with E-state index in [1.54, 1.807) is 7.11 Å². The first-order valence-corrected chi connectivity index (χ1v) is 6.65. The summed E-state index contributed by atoms with van der Waals surface area (Å²) in [5, 5.41) is 3.42. The third kappa shape index (κ3) is 2.91. The van der Waals surface area contributed by atoms with Crippen LogP contribution in [0, 0.1) is 0 Å². The zero-order chi connectivity index (χ0) is 13.0. The van der Waals surface area contributed by atoms with Crippen molar-refractivity contribution >= 4 is 5.78 Å². The van der Waals surface area contributed by atoms with Crippen LogP contribution in [0.3, 0.4) is 0 Å². The number of para-hydroxylation sites is 1. The molecule has 0 bridgehead atoms. The fraction of sp³-hybridized carbons (Fsp3) is 0.533. The highest BCUT2D eigenvalue weighted by Gasteiger charge is 2.23. The highest BCUT2D eigenvalue weighted by Crippen LogP contribution is 2.21. The van der Waals surface area contributed by atoms with Crippen LogP contribution in [0.15, 0.2) is 24.3 Å². The van der Waals surface area contributed by atoms with E-state index in [0.717, 1.165) is 0 Å². The lowest BCUT2D eigenvalue weighted by Crippen LogP contribution is -2.40. The largest absolute Gasteiger partial charge is 0.496 e. The van der Waals surface area contributed by atoms with Crippen LogP contribution in [0.5, 0.6) is 5.75 Å². The Labute approximate surface area is 109 Å². The van der Waals surface area contributed by atoms with Gasteiger partial charge in [0.1, 0.15) is 5.75 Å². The van der Waals surface area contributed by atoms with Gasteiger partial charge in [0.15, 0.2) is 5.78 Å². The van der Waals surface area contributed by atoms with Crippen LogP contribution in [0.1, 0.15) is 43.0 Å². The van der Waals surface area contributed by atoms with E-state index in [1.807, 2.05) is 31.2 Å². The Bertz CT molecular complexity index is 411. The highest BCUT2D eigenvalue weighted by molar-refractivity contribution is 6.02. The van der Waals surface area contributed by atoms with E-state index < -0.39 is 0 Å². The molecule has 1 aromatic carbocycles. The van der Waals surface area contributed by atoms with Crippen LogP contribution >= 0.6 is 0 Å². The minimum atomic E-state index is -0.149. The second-order valence-electron chi connectivity index (χ2n) is 4.93. The van der Waals surface area contributed by atoms with Gasteiger partial charge < -0.3 is 10.1 Å². The van der Waals surface area contributed by atoms with Gasteiger partial charge in [0.25, 0.3) is 0 Å². The van der Waals surface area contributed by atoms with Crippen molar-refractivity contribution in [3.05, 3.63) is 29.8 Å². The Kier molecular flexibility index (Phi) is 4.37. The highest BCUT2D eigenvalue weighted by atomic mass is 16.5. The van der Waals surface area contributed by atoms with Gasteiger partial charge in [0.2, 0.25) is 0 Å². The van der Waals surface area contributed by atoms with Crippen LogP contribution in [0.2, 0.25) is 0 Å². The van der Waals surface area contributed by atoms with Crippen molar-refractivity contribution in [2.24, 2.45) is 0 Å². The summed E-state index contributed by atoms with van der Waals surface area (Å²) < 4.78 is 5.24. The first kappa shape index (κ1) is 13.1. The zero-order valence-corrected chi connectivity index (χ0v) is 11.1. The van der Waals surface area contributed by atoms with Crippen LogP contribution in [-0.2, 0) is 0 Å². The van der Waals surface area contributed by atoms with Gasteiger partial charge in [-0.15, -0.1) is 0 Å². The van der Waals surface area contributed by atoms with E-state index in [4.69, 9.17) is 4.74 Å². The smallest absolute Gasteiger partial charge is 0.183 e. The number of nitrogens with one attached hydrogen (secondary N) is 1. The molecule has 1 aliphatic carbocycles. The van der Waals surface area contributed by atoms with E-state index >= 15 is 0 Å². The summed E-state index contributed by atoms with van der Waals surface area (Å²) in [6, 6.07) is 7.76. The number of benzene rings is 1. The van der Waals surface area contributed by atoms with Crippen molar-refractivity contribution in [2.45, 2.75) is 44.7 Å². The lowest BCUT2D eigenvalue weighted by molar-refractivity contribution is 0.0941. The molecule has 0 amide bonds. The molecule has 1 fully saturated rings. The van der Waals surface area contributed by atoms with E-state index in [2.05, 4.69) is 5.32 Å². The SMILES string of the molecule is COc1ccccc1C(=O)C(C)NC1CCCC1. The summed E-state index contributed by atoms with van der Waals surface area (Å²) >= 11 is 0. The van der Waals surface area contributed by atoms with E-state index in [0.29, 0.717) is 17.4 Å². The normalized spacial score (nSPS) is 17.7. The van der Waals surface area contributed by atoms with Gasteiger partial charge in [-0.2, -0.15) is 0 Å². The third-order valence-electron chi connectivity index (χ3n) is 3.61. The number of methoxy groups -OCH3 is 1. The van der Waals surface area contributed by atoms with Gasteiger partial charge in [-0.25, -0.2) is 0 Å². The summed E-state index contributed by atoms with van der Waals surface area (Å²) in [5.74, 6) is 0.766. The first-order chi connectivity index (χ1) is 8.72. The molecule has 98 valence electrons. The molecule has 1 aromatic rings. The molecule has 0 saturated heterocycles. The molecule has 18 heavy (non-hydrogen) atoms. The Morgan fingerprint density at radius 2 is 2.00 bits per heavy atom. The maximum absolute atomic E-state index is 12.4. The maximum Gasteiger partial charge on any atom is 0.183 e. The predicted octanol–water partition coefficient (Wildman–Crippen LogP) is 2.80. The van der Waals surface area contributed by atoms with Gasteiger partial charge in [0, 0.05) is 6.04 Å². The molecule has 2 rings (SSSR count). The Morgan fingerprint density at radius 3 is 2.67 bits per heavy atom. The summed E-state index contributed by atoms with van der Waals surface area (Å²) in [6.45, 7) is 1.94. The molecular weight excluding hydrogens is 226 g/mol. The number of hydrogen-bond donors (Lipinski definition) is 1. The molecule has 1 atom stereocenters. The molecule has 0 radical (unpaired) electrons. The lowest BCUT2D eigenvalue weighted by atomic mass is 10.0. The van der Waals surface area contributed by atoms with Crippen molar-refractivity contribution in [2.75, 3.05) is 7.11 Å². The molecule has 0 aromatic heterocycles. The number of hydrogen-bond acceptors (Lipinski definition) is 3. The third-order valence-corrected chi connectivity index (χ3v) is 3.61. The first-order valence-electron chi connectivity index (χ1n) is 6.65. The van der Waals surface area contributed by atoms with Gasteiger partial charge in [-0.3, -0.25) is 4.79 Å². The van der Waals surface area contributed by atoms with E-state index in [9.17, 15) is 4.79 Å². The molecule has 0 aliphatic heterocycles. The Balaban J connectivity index is 2.05. The van der Waals surface area contributed by atoms with Gasteiger partial charge in [-0.1, -0.05) is 25.0 Å². The molecule has 0 heterocycles. The van der Waals surface area contributed by atoms with Crippen molar-refractivity contribution in [1.29, 1.82) is 0 Å². The number of rotatable bonds is 5. The molecule has 0 spiro atoms. The monoisotopic (exact) mass is 247 g/mol. The van der Waals surface area contributed by atoms with Gasteiger partial charge in [-0.05, 0) is 31.9 Å². The fourth-order valence-corrected chi connectivity index (χ4v) is 2.60. The quantitative estimate of drug-likeness (QED) is 0.813. The summed E-state index contributed by atoms with van der Waals surface area (Å²) in [6.07, 6.45) is 4.91. The van der Waals surface area contributed by atoms with E-state index in [-0.39, 0.29) is 11.8 Å².